The molecule has 0 aliphatic rings. The van der Waals surface area contributed by atoms with Crippen LogP contribution in [-0.4, -0.2) is 52.7 Å². The first-order valence-electron chi connectivity index (χ1n) is 6.19. The maximum absolute atomic E-state index is 12.8. The first-order chi connectivity index (χ1) is 9.45. The van der Waals surface area contributed by atoms with Gasteiger partial charge in [-0.3, -0.25) is 0 Å². The second-order valence-electron chi connectivity index (χ2n) is 4.34. The highest BCUT2D eigenvalue weighted by Crippen LogP contribution is 2.25. The van der Waals surface area contributed by atoms with E-state index in [9.17, 15) is 8.42 Å². The summed E-state index contributed by atoms with van der Waals surface area (Å²) < 4.78 is 37.5. The molecule has 0 amide bonds. The van der Waals surface area contributed by atoms with E-state index in [1.54, 1.807) is 38.5 Å². The van der Waals surface area contributed by atoms with Crippen molar-refractivity contribution in [2.24, 2.45) is 0 Å². The second kappa shape index (κ2) is 8.09. The van der Waals surface area contributed by atoms with E-state index >= 15 is 0 Å². The van der Waals surface area contributed by atoms with Gasteiger partial charge in [0.15, 0.2) is 0 Å². The summed E-state index contributed by atoms with van der Waals surface area (Å²) >= 11 is 3.29. The van der Waals surface area contributed by atoms with Gasteiger partial charge in [0, 0.05) is 31.3 Å². The maximum atomic E-state index is 12.8. The summed E-state index contributed by atoms with van der Waals surface area (Å²) in [6.07, 6.45) is 0. The summed E-state index contributed by atoms with van der Waals surface area (Å²) in [6, 6.07) is 6.50. The average molecular weight is 366 g/mol. The molecule has 0 saturated carbocycles. The van der Waals surface area contributed by atoms with Gasteiger partial charge in [-0.2, -0.15) is 4.31 Å². The number of hydrogen-bond acceptors (Lipinski definition) is 4. The van der Waals surface area contributed by atoms with E-state index < -0.39 is 10.0 Å². The van der Waals surface area contributed by atoms with Crippen molar-refractivity contribution in [3.8, 4) is 0 Å². The number of rotatable bonds is 8. The molecule has 1 rings (SSSR count). The minimum Gasteiger partial charge on any atom is -0.383 e. The Balaban J connectivity index is 3.13. The van der Waals surface area contributed by atoms with E-state index in [1.165, 1.54) is 4.31 Å². The third-order valence-electron chi connectivity index (χ3n) is 2.84. The Morgan fingerprint density at radius 1 is 1.25 bits per heavy atom. The number of nitrogens with zero attached hydrogens (tertiary/aromatic N) is 1. The smallest absolute Gasteiger partial charge is 0.244 e. The molecule has 1 unspecified atom stereocenters. The number of benzene rings is 1. The normalized spacial score (nSPS) is 13.7. The van der Waals surface area contributed by atoms with Gasteiger partial charge in [-0.15, -0.1) is 0 Å². The largest absolute Gasteiger partial charge is 0.383 e. The molecule has 0 aliphatic heterocycles. The van der Waals surface area contributed by atoms with Crippen LogP contribution in [-0.2, 0) is 19.5 Å². The molecular weight excluding hydrogens is 346 g/mol. The molecule has 1 atom stereocenters. The molecule has 0 spiro atoms. The molecule has 20 heavy (non-hydrogen) atoms. The highest BCUT2D eigenvalue weighted by atomic mass is 79.9. The minimum atomic E-state index is -3.60. The van der Waals surface area contributed by atoms with Gasteiger partial charge in [-0.05, 0) is 35.0 Å². The van der Waals surface area contributed by atoms with Crippen LogP contribution in [0.2, 0.25) is 0 Å². The van der Waals surface area contributed by atoms with Crippen LogP contribution in [0, 0.1) is 0 Å². The maximum Gasteiger partial charge on any atom is 0.244 e. The van der Waals surface area contributed by atoms with Crippen molar-refractivity contribution in [3.05, 3.63) is 28.7 Å². The van der Waals surface area contributed by atoms with Gasteiger partial charge in [-0.1, -0.05) is 12.1 Å². The summed E-state index contributed by atoms with van der Waals surface area (Å²) in [4.78, 5) is 0.249. The van der Waals surface area contributed by atoms with E-state index in [4.69, 9.17) is 9.47 Å². The van der Waals surface area contributed by atoms with Gasteiger partial charge >= 0.3 is 0 Å². The SMILES string of the molecule is COCCN(C(C)COC)S(=O)(=O)c1ccccc1Br. The van der Waals surface area contributed by atoms with Gasteiger partial charge in [0.05, 0.1) is 18.1 Å². The van der Waals surface area contributed by atoms with Crippen molar-refractivity contribution in [3.63, 3.8) is 0 Å². The van der Waals surface area contributed by atoms with Crippen molar-refractivity contribution >= 4 is 26.0 Å². The number of ether oxygens (including phenoxy) is 2. The van der Waals surface area contributed by atoms with Gasteiger partial charge in [0.25, 0.3) is 0 Å². The Bertz CT molecular complexity index is 521. The molecule has 0 aromatic heterocycles. The van der Waals surface area contributed by atoms with Crippen molar-refractivity contribution in [1.82, 2.24) is 4.31 Å². The predicted molar refractivity (Wildman–Crippen MR) is 81.2 cm³/mol. The molecule has 0 aliphatic carbocycles. The molecule has 0 radical (unpaired) electrons. The fraction of sp³-hybridized carbons (Fsp3) is 0.538. The third kappa shape index (κ3) is 4.26. The lowest BCUT2D eigenvalue weighted by atomic mass is 10.3. The van der Waals surface area contributed by atoms with E-state index in [0.29, 0.717) is 17.7 Å². The standard InChI is InChI=1S/C13H20BrNO4S/c1-11(10-19-3)15(8-9-18-2)20(16,17)13-7-5-4-6-12(13)14/h4-7,11H,8-10H2,1-3H3. The molecule has 1 aromatic carbocycles. The minimum absolute atomic E-state index is 0.249. The van der Waals surface area contributed by atoms with Crippen LogP contribution in [0.3, 0.4) is 0 Å². The van der Waals surface area contributed by atoms with Gasteiger partial charge in [0.2, 0.25) is 10.0 Å². The Morgan fingerprint density at radius 3 is 2.45 bits per heavy atom. The molecule has 0 heterocycles. The lowest BCUT2D eigenvalue weighted by Crippen LogP contribution is -2.43. The zero-order chi connectivity index (χ0) is 15.2. The molecule has 1 aromatic rings. The number of sulfonamides is 1. The zero-order valence-corrected chi connectivity index (χ0v) is 14.3. The highest BCUT2D eigenvalue weighted by Gasteiger charge is 2.30. The van der Waals surface area contributed by atoms with Crippen molar-refractivity contribution in [1.29, 1.82) is 0 Å². The van der Waals surface area contributed by atoms with Crippen LogP contribution in [0.1, 0.15) is 6.92 Å². The first-order valence-corrected chi connectivity index (χ1v) is 8.42. The van der Waals surface area contributed by atoms with E-state index in [2.05, 4.69) is 15.9 Å². The quantitative estimate of drug-likeness (QED) is 0.707. The lowest BCUT2D eigenvalue weighted by Gasteiger charge is -2.28. The summed E-state index contributed by atoms with van der Waals surface area (Å²) in [6.45, 7) is 2.75. The molecule has 0 fully saturated rings. The third-order valence-corrected chi connectivity index (χ3v) is 5.86. The molecule has 114 valence electrons. The second-order valence-corrected chi connectivity index (χ2v) is 7.06. The van der Waals surface area contributed by atoms with Crippen LogP contribution < -0.4 is 0 Å². The van der Waals surface area contributed by atoms with Gasteiger partial charge < -0.3 is 9.47 Å². The molecular formula is C13H20BrNO4S. The van der Waals surface area contributed by atoms with Gasteiger partial charge in [0.1, 0.15) is 0 Å². The van der Waals surface area contributed by atoms with Crippen molar-refractivity contribution < 1.29 is 17.9 Å². The molecule has 7 heteroatoms. The van der Waals surface area contributed by atoms with Crippen LogP contribution in [0.15, 0.2) is 33.6 Å². The van der Waals surface area contributed by atoms with E-state index in [1.807, 2.05) is 6.92 Å². The molecule has 0 N–H and O–H groups in total. The lowest BCUT2D eigenvalue weighted by molar-refractivity contribution is 0.119. The predicted octanol–water partition coefficient (Wildman–Crippen LogP) is 2.12. The monoisotopic (exact) mass is 365 g/mol. The Kier molecular flexibility index (Phi) is 7.11. The fourth-order valence-corrected chi connectivity index (χ4v) is 4.43. The Labute approximate surface area is 129 Å². The topological polar surface area (TPSA) is 55.8 Å². The van der Waals surface area contributed by atoms with Crippen LogP contribution in [0.4, 0.5) is 0 Å². The summed E-state index contributed by atoms with van der Waals surface area (Å²) in [5, 5.41) is 0. The number of methoxy groups -OCH3 is 2. The molecule has 5 nitrogen and oxygen atoms in total. The van der Waals surface area contributed by atoms with E-state index in [-0.39, 0.29) is 17.5 Å². The number of halogens is 1. The zero-order valence-electron chi connectivity index (χ0n) is 11.9. The summed E-state index contributed by atoms with van der Waals surface area (Å²) in [5.41, 5.74) is 0. The Hall–Kier alpha value is -0.470. The number of hydrogen-bond donors (Lipinski definition) is 0. The first kappa shape index (κ1) is 17.6. The molecule has 0 saturated heterocycles. The van der Waals surface area contributed by atoms with Crippen molar-refractivity contribution in [2.45, 2.75) is 17.9 Å². The van der Waals surface area contributed by atoms with Crippen LogP contribution >= 0.6 is 15.9 Å². The average Bonchev–Trinajstić information content (AvgIpc) is 2.39. The van der Waals surface area contributed by atoms with Crippen LogP contribution in [0.5, 0.6) is 0 Å². The van der Waals surface area contributed by atoms with Crippen LogP contribution in [0.25, 0.3) is 0 Å². The molecule has 0 bridgehead atoms. The fourth-order valence-electron chi connectivity index (χ4n) is 1.86. The highest BCUT2D eigenvalue weighted by molar-refractivity contribution is 9.10. The Morgan fingerprint density at radius 2 is 1.90 bits per heavy atom. The van der Waals surface area contributed by atoms with E-state index in [0.717, 1.165) is 0 Å². The van der Waals surface area contributed by atoms with Gasteiger partial charge in [-0.25, -0.2) is 8.42 Å². The summed E-state index contributed by atoms with van der Waals surface area (Å²) in [5.74, 6) is 0. The summed E-state index contributed by atoms with van der Waals surface area (Å²) in [7, 11) is -0.501. The van der Waals surface area contributed by atoms with Crippen molar-refractivity contribution in [2.75, 3.05) is 34.0 Å².